The van der Waals surface area contributed by atoms with Crippen LogP contribution in [0.4, 0.5) is 0 Å². The van der Waals surface area contributed by atoms with Crippen molar-refractivity contribution >= 4 is 17.2 Å². The molecule has 0 aliphatic rings. The highest BCUT2D eigenvalue weighted by Gasteiger charge is 2.03. The van der Waals surface area contributed by atoms with Gasteiger partial charge in [0, 0.05) is 22.5 Å². The number of hydrogen-bond acceptors (Lipinski definition) is 3. The van der Waals surface area contributed by atoms with Crippen molar-refractivity contribution in [3.63, 3.8) is 0 Å². The van der Waals surface area contributed by atoms with Crippen molar-refractivity contribution in [2.75, 3.05) is 7.11 Å². The van der Waals surface area contributed by atoms with E-state index in [1.54, 1.807) is 25.3 Å². The lowest BCUT2D eigenvalue weighted by Gasteiger charge is -2.03. The molecule has 0 aliphatic carbocycles. The second-order valence-electron chi connectivity index (χ2n) is 3.12. The predicted octanol–water partition coefficient (Wildman–Crippen LogP) is 1.35. The van der Waals surface area contributed by atoms with Crippen LogP contribution in [0.25, 0.3) is 10.9 Å². The molecule has 0 atom stereocenters. The zero-order valence-corrected chi connectivity index (χ0v) is 8.11. The number of aromatic nitrogens is 1. The van der Waals surface area contributed by atoms with E-state index in [4.69, 9.17) is 4.74 Å². The minimum Gasteiger partial charge on any atom is -0.497 e. The summed E-state index contributed by atoms with van der Waals surface area (Å²) < 4.78 is 5.04. The van der Waals surface area contributed by atoms with E-state index in [9.17, 15) is 9.59 Å². The Morgan fingerprint density at radius 3 is 2.80 bits per heavy atom. The van der Waals surface area contributed by atoms with Crippen molar-refractivity contribution in [1.82, 2.24) is 4.98 Å². The summed E-state index contributed by atoms with van der Waals surface area (Å²) in [6.07, 6.45) is 0.664. The highest BCUT2D eigenvalue weighted by atomic mass is 16.5. The highest BCUT2D eigenvalue weighted by molar-refractivity contribution is 5.96. The molecule has 1 N–H and O–H groups in total. The highest BCUT2D eigenvalue weighted by Crippen LogP contribution is 2.20. The molecule has 0 amide bonds. The Labute approximate surface area is 85.5 Å². The van der Waals surface area contributed by atoms with Crippen LogP contribution >= 0.6 is 0 Å². The molecule has 1 heterocycles. The summed E-state index contributed by atoms with van der Waals surface area (Å²) in [7, 11) is 1.55. The molecule has 0 saturated heterocycles. The average Bonchev–Trinajstić information content (AvgIpc) is 2.27. The largest absolute Gasteiger partial charge is 0.497 e. The monoisotopic (exact) mass is 203 g/mol. The molecule has 0 spiro atoms. The van der Waals surface area contributed by atoms with Crippen molar-refractivity contribution in [3.8, 4) is 5.75 Å². The van der Waals surface area contributed by atoms with E-state index in [0.717, 1.165) is 0 Å². The van der Waals surface area contributed by atoms with Crippen LogP contribution in [0.1, 0.15) is 10.4 Å². The van der Waals surface area contributed by atoms with E-state index >= 15 is 0 Å². The van der Waals surface area contributed by atoms with Crippen LogP contribution in [-0.2, 0) is 0 Å². The van der Waals surface area contributed by atoms with Gasteiger partial charge in [-0.05, 0) is 18.2 Å². The Balaban J connectivity index is 2.85. The number of pyridine rings is 1. The first kappa shape index (κ1) is 9.45. The summed E-state index contributed by atoms with van der Waals surface area (Å²) >= 11 is 0. The number of hydrogen-bond donors (Lipinski definition) is 1. The maximum absolute atomic E-state index is 11.2. The molecule has 2 rings (SSSR count). The van der Waals surface area contributed by atoms with E-state index in [2.05, 4.69) is 4.98 Å². The van der Waals surface area contributed by atoms with E-state index in [1.807, 2.05) is 0 Å². The molecule has 76 valence electrons. The van der Waals surface area contributed by atoms with E-state index < -0.39 is 0 Å². The van der Waals surface area contributed by atoms with Gasteiger partial charge in [0.15, 0.2) is 6.29 Å². The molecule has 1 aromatic heterocycles. The third kappa shape index (κ3) is 1.61. The van der Waals surface area contributed by atoms with Gasteiger partial charge in [-0.3, -0.25) is 9.59 Å². The maximum atomic E-state index is 11.2. The third-order valence-electron chi connectivity index (χ3n) is 2.21. The quantitative estimate of drug-likeness (QED) is 0.749. The van der Waals surface area contributed by atoms with Crippen LogP contribution in [0.5, 0.6) is 5.75 Å². The Bertz CT molecular complexity index is 572. The minimum absolute atomic E-state index is 0.283. The first-order valence-electron chi connectivity index (χ1n) is 4.41. The molecule has 15 heavy (non-hydrogen) atoms. The van der Waals surface area contributed by atoms with Gasteiger partial charge in [-0.25, -0.2) is 0 Å². The summed E-state index contributed by atoms with van der Waals surface area (Å²) in [5, 5.41) is 0.684. The summed E-state index contributed by atoms with van der Waals surface area (Å²) in [4.78, 5) is 24.6. The Hall–Kier alpha value is -2.10. The fourth-order valence-electron chi connectivity index (χ4n) is 1.48. The lowest BCUT2D eigenvalue weighted by atomic mass is 10.1. The minimum atomic E-state index is -0.283. The summed E-state index contributed by atoms with van der Waals surface area (Å²) in [5.74, 6) is 0.651. The second kappa shape index (κ2) is 3.57. The van der Waals surface area contributed by atoms with Crippen LogP contribution in [0.15, 0.2) is 29.1 Å². The molecule has 2 aromatic rings. The topological polar surface area (TPSA) is 59.2 Å². The lowest BCUT2D eigenvalue weighted by molar-refractivity contribution is 0.112. The normalized spacial score (nSPS) is 10.2. The number of nitrogens with one attached hydrogen (secondary N) is 1. The van der Waals surface area contributed by atoms with Crippen LogP contribution in [0.3, 0.4) is 0 Å². The van der Waals surface area contributed by atoms with E-state index in [0.29, 0.717) is 28.5 Å². The van der Waals surface area contributed by atoms with E-state index in [-0.39, 0.29) is 5.56 Å². The molecule has 4 nitrogen and oxygen atoms in total. The molecular formula is C11H9NO3. The van der Waals surface area contributed by atoms with Gasteiger partial charge in [-0.2, -0.15) is 0 Å². The van der Waals surface area contributed by atoms with Crippen molar-refractivity contribution in [1.29, 1.82) is 0 Å². The van der Waals surface area contributed by atoms with Crippen LogP contribution < -0.4 is 10.3 Å². The van der Waals surface area contributed by atoms with Gasteiger partial charge in [-0.1, -0.05) is 0 Å². The Kier molecular flexibility index (Phi) is 2.25. The van der Waals surface area contributed by atoms with Gasteiger partial charge in [-0.15, -0.1) is 0 Å². The number of rotatable bonds is 2. The van der Waals surface area contributed by atoms with Crippen molar-refractivity contribution < 1.29 is 9.53 Å². The van der Waals surface area contributed by atoms with Gasteiger partial charge in [0.05, 0.1) is 7.11 Å². The van der Waals surface area contributed by atoms with Gasteiger partial charge < -0.3 is 9.72 Å². The summed E-state index contributed by atoms with van der Waals surface area (Å²) in [5.41, 5.74) is 0.716. The summed E-state index contributed by atoms with van der Waals surface area (Å²) in [6, 6.07) is 6.43. The number of H-pyrrole nitrogens is 1. The summed E-state index contributed by atoms with van der Waals surface area (Å²) in [6.45, 7) is 0. The van der Waals surface area contributed by atoms with Crippen LogP contribution in [0, 0.1) is 0 Å². The zero-order chi connectivity index (χ0) is 10.8. The Morgan fingerprint density at radius 1 is 1.33 bits per heavy atom. The Morgan fingerprint density at radius 2 is 2.13 bits per heavy atom. The SMILES string of the molecule is COc1ccc2[nH]c(=O)cc(C=O)c2c1. The molecule has 0 saturated carbocycles. The van der Waals surface area contributed by atoms with Crippen molar-refractivity contribution in [3.05, 3.63) is 40.2 Å². The molecule has 0 radical (unpaired) electrons. The number of aldehydes is 1. The molecule has 0 aliphatic heterocycles. The molecule has 0 fully saturated rings. The average molecular weight is 203 g/mol. The number of carbonyl (C=O) groups is 1. The molecule has 0 unspecified atom stereocenters. The van der Waals surface area contributed by atoms with Gasteiger partial charge >= 0.3 is 0 Å². The number of aromatic amines is 1. The fourth-order valence-corrected chi connectivity index (χ4v) is 1.48. The van der Waals surface area contributed by atoms with E-state index in [1.165, 1.54) is 6.07 Å². The number of methoxy groups -OCH3 is 1. The number of benzene rings is 1. The number of ether oxygens (including phenoxy) is 1. The fraction of sp³-hybridized carbons (Fsp3) is 0.0909. The van der Waals surface area contributed by atoms with Crippen molar-refractivity contribution in [2.24, 2.45) is 0 Å². The third-order valence-corrected chi connectivity index (χ3v) is 2.21. The number of carbonyl (C=O) groups excluding carboxylic acids is 1. The molecule has 1 aromatic carbocycles. The van der Waals surface area contributed by atoms with Crippen LogP contribution in [-0.4, -0.2) is 18.4 Å². The van der Waals surface area contributed by atoms with Crippen LogP contribution in [0.2, 0.25) is 0 Å². The number of fused-ring (bicyclic) bond motifs is 1. The van der Waals surface area contributed by atoms with Gasteiger partial charge in [0.25, 0.3) is 0 Å². The van der Waals surface area contributed by atoms with Crippen molar-refractivity contribution in [2.45, 2.75) is 0 Å². The predicted molar refractivity (Wildman–Crippen MR) is 56.5 cm³/mol. The molecule has 0 bridgehead atoms. The van der Waals surface area contributed by atoms with Gasteiger partial charge in [0.1, 0.15) is 5.75 Å². The second-order valence-corrected chi connectivity index (χ2v) is 3.12. The molecule has 4 heteroatoms. The lowest BCUT2D eigenvalue weighted by Crippen LogP contribution is -2.06. The maximum Gasteiger partial charge on any atom is 0.249 e. The standard InChI is InChI=1S/C11H9NO3/c1-15-8-2-3-10-9(5-8)7(6-13)4-11(14)12-10/h2-6H,1H3,(H,12,14). The first-order chi connectivity index (χ1) is 7.24. The molecular weight excluding hydrogens is 194 g/mol. The first-order valence-corrected chi connectivity index (χ1v) is 4.41. The smallest absolute Gasteiger partial charge is 0.249 e. The van der Waals surface area contributed by atoms with Gasteiger partial charge in [0.2, 0.25) is 5.56 Å². The zero-order valence-electron chi connectivity index (χ0n) is 8.11.